The van der Waals surface area contributed by atoms with Crippen LogP contribution in [-0.2, 0) is 9.53 Å². The van der Waals surface area contributed by atoms with Crippen LogP contribution in [0.2, 0.25) is 0 Å². The summed E-state index contributed by atoms with van der Waals surface area (Å²) in [7, 11) is 0. The zero-order chi connectivity index (χ0) is 20.5. The van der Waals surface area contributed by atoms with Gasteiger partial charge in [0.2, 0.25) is 0 Å². The fourth-order valence-electron chi connectivity index (χ4n) is 7.32. The summed E-state index contributed by atoms with van der Waals surface area (Å²) in [6, 6.07) is 0. The van der Waals surface area contributed by atoms with Crippen LogP contribution in [0.3, 0.4) is 0 Å². The third kappa shape index (κ3) is 2.41. The lowest BCUT2D eigenvalue weighted by atomic mass is 9.46. The van der Waals surface area contributed by atoms with E-state index >= 15 is 0 Å². The van der Waals surface area contributed by atoms with Crippen molar-refractivity contribution in [1.82, 2.24) is 0 Å². The molecule has 4 unspecified atom stereocenters. The summed E-state index contributed by atoms with van der Waals surface area (Å²) < 4.78 is 5.36. The van der Waals surface area contributed by atoms with Gasteiger partial charge in [0.05, 0.1) is 6.10 Å². The molecule has 3 fully saturated rings. The van der Waals surface area contributed by atoms with Crippen molar-refractivity contribution in [1.29, 1.82) is 0 Å². The summed E-state index contributed by atoms with van der Waals surface area (Å²) in [6.45, 7) is 5.65. The van der Waals surface area contributed by atoms with Crippen LogP contribution in [0.25, 0.3) is 0 Å². The number of ether oxygens (including phenoxy) is 1. The largest absolute Gasteiger partial charge is 0.459 e. The first-order valence-corrected chi connectivity index (χ1v) is 10.5. The van der Waals surface area contributed by atoms with Crippen molar-refractivity contribution in [2.24, 2.45) is 28.6 Å². The van der Waals surface area contributed by atoms with Crippen molar-refractivity contribution in [2.45, 2.75) is 83.2 Å². The predicted molar refractivity (Wildman–Crippen MR) is 104 cm³/mol. The second-order valence-electron chi connectivity index (χ2n) is 9.94. The highest BCUT2D eigenvalue weighted by Crippen LogP contribution is 2.67. The number of terminal acetylenes is 1. The number of carbonyl (C=O) groups excluding carboxylic acids is 1. The number of carbonyl (C=O) groups is 1. The smallest absolute Gasteiger partial charge is 0.303 e. The highest BCUT2D eigenvalue weighted by Gasteiger charge is 2.67. The Morgan fingerprint density at radius 3 is 2.61 bits per heavy atom. The molecule has 4 aliphatic carbocycles. The van der Waals surface area contributed by atoms with Crippen molar-refractivity contribution in [3.05, 3.63) is 11.6 Å². The molecule has 4 aliphatic rings. The average Bonchev–Trinajstić information content (AvgIpc) is 2.85. The van der Waals surface area contributed by atoms with Crippen LogP contribution < -0.4 is 0 Å². The second kappa shape index (κ2) is 6.32. The quantitative estimate of drug-likeness (QED) is 0.364. The molecule has 0 aliphatic heterocycles. The Morgan fingerprint density at radius 2 is 1.96 bits per heavy atom. The maximum atomic E-state index is 11.4. The van der Waals surface area contributed by atoms with E-state index in [9.17, 15) is 20.1 Å². The molecular weight excluding hydrogens is 356 g/mol. The van der Waals surface area contributed by atoms with Crippen molar-refractivity contribution >= 4 is 5.97 Å². The van der Waals surface area contributed by atoms with Gasteiger partial charge >= 0.3 is 5.97 Å². The zero-order valence-corrected chi connectivity index (χ0v) is 17.0. The summed E-state index contributed by atoms with van der Waals surface area (Å²) in [5, 5.41) is 32.6. The lowest BCUT2D eigenvalue weighted by Gasteiger charge is -2.59. The number of allylic oxidation sites excluding steroid dienone is 1. The van der Waals surface area contributed by atoms with Gasteiger partial charge in [0.1, 0.15) is 12.2 Å². The first-order chi connectivity index (χ1) is 13.1. The molecule has 0 radical (unpaired) electrons. The second-order valence-corrected chi connectivity index (χ2v) is 9.94. The van der Waals surface area contributed by atoms with Crippen molar-refractivity contribution < 1.29 is 24.9 Å². The van der Waals surface area contributed by atoms with Gasteiger partial charge in [-0.25, -0.2) is 0 Å². The van der Waals surface area contributed by atoms with E-state index in [2.05, 4.69) is 18.9 Å². The van der Waals surface area contributed by atoms with Crippen LogP contribution in [0.15, 0.2) is 11.6 Å². The van der Waals surface area contributed by atoms with Crippen molar-refractivity contribution in [2.75, 3.05) is 0 Å². The molecule has 5 heteroatoms. The van der Waals surface area contributed by atoms with Gasteiger partial charge in [-0.3, -0.25) is 4.79 Å². The van der Waals surface area contributed by atoms with E-state index in [1.165, 1.54) is 6.92 Å². The maximum Gasteiger partial charge on any atom is 0.303 e. The molecule has 5 nitrogen and oxygen atoms in total. The molecule has 9 atom stereocenters. The van der Waals surface area contributed by atoms with E-state index in [4.69, 9.17) is 11.2 Å². The van der Waals surface area contributed by atoms with Crippen LogP contribution in [0.1, 0.15) is 59.3 Å². The number of aliphatic hydroxyl groups is 3. The van der Waals surface area contributed by atoms with Gasteiger partial charge < -0.3 is 20.1 Å². The zero-order valence-electron chi connectivity index (χ0n) is 17.0. The Morgan fingerprint density at radius 1 is 1.25 bits per heavy atom. The highest BCUT2D eigenvalue weighted by atomic mass is 16.6. The van der Waals surface area contributed by atoms with Gasteiger partial charge in [-0.15, -0.1) is 6.42 Å². The maximum absolute atomic E-state index is 11.4. The van der Waals surface area contributed by atoms with Gasteiger partial charge in [0, 0.05) is 12.3 Å². The molecule has 0 amide bonds. The lowest BCUT2D eigenvalue weighted by molar-refractivity contribution is -0.157. The SMILES string of the molecule is C#CC1(O)C(O)C[C@H]2[C@@H]3CC=C4C(O)C(OC(C)=O)CC[C@]4(C)[C@@H]3CC[C@@]21C. The molecule has 28 heavy (non-hydrogen) atoms. The number of rotatable bonds is 1. The molecule has 0 aromatic heterocycles. The van der Waals surface area contributed by atoms with Crippen molar-refractivity contribution in [3.63, 3.8) is 0 Å². The highest BCUT2D eigenvalue weighted by molar-refractivity contribution is 5.66. The molecule has 0 spiro atoms. The number of fused-ring (bicyclic) bond motifs is 5. The van der Waals surface area contributed by atoms with Crippen LogP contribution in [0, 0.1) is 40.9 Å². The molecular formula is C23H32O5. The minimum absolute atomic E-state index is 0.151. The summed E-state index contributed by atoms with van der Waals surface area (Å²) in [5.74, 6) is 3.01. The van der Waals surface area contributed by atoms with Gasteiger partial charge in [-0.1, -0.05) is 25.8 Å². The molecule has 4 rings (SSSR count). The van der Waals surface area contributed by atoms with Gasteiger partial charge in [-0.05, 0) is 67.3 Å². The Bertz CT molecular complexity index is 753. The molecule has 154 valence electrons. The van der Waals surface area contributed by atoms with E-state index < -0.39 is 29.3 Å². The van der Waals surface area contributed by atoms with Crippen LogP contribution in [-0.4, -0.2) is 45.2 Å². The fraction of sp³-hybridized carbons (Fsp3) is 0.783. The summed E-state index contributed by atoms with van der Waals surface area (Å²) >= 11 is 0. The van der Waals surface area contributed by atoms with E-state index in [0.717, 1.165) is 31.3 Å². The molecule has 3 N–H and O–H groups in total. The van der Waals surface area contributed by atoms with Crippen molar-refractivity contribution in [3.8, 4) is 12.3 Å². The van der Waals surface area contributed by atoms with Crippen LogP contribution in [0.4, 0.5) is 0 Å². The molecule has 0 saturated heterocycles. The predicted octanol–water partition coefficient (Wildman–Crippen LogP) is 2.19. The standard InChI is InChI=1S/C23H32O5/c1-5-23(27)19(25)12-17-14-6-7-16-20(26)18(28-13(2)24)9-10-21(16,3)15(14)8-11-22(17,23)4/h1,7,14-15,17-20,25-27H,6,8-12H2,2-4H3/t14-,15-,17+,18?,19?,20?,21-,22+,23?/m1/s1. The molecule has 0 aromatic carbocycles. The van der Waals surface area contributed by atoms with Gasteiger partial charge in [-0.2, -0.15) is 0 Å². The minimum Gasteiger partial charge on any atom is -0.459 e. The van der Waals surface area contributed by atoms with E-state index in [1.54, 1.807) is 0 Å². The van der Waals surface area contributed by atoms with E-state index in [-0.39, 0.29) is 17.3 Å². The monoisotopic (exact) mass is 388 g/mol. The van der Waals surface area contributed by atoms with Crippen LogP contribution in [0.5, 0.6) is 0 Å². The molecule has 0 bridgehead atoms. The topological polar surface area (TPSA) is 87.0 Å². The number of hydrogen-bond acceptors (Lipinski definition) is 5. The Labute approximate surface area is 167 Å². The molecule has 0 heterocycles. The average molecular weight is 389 g/mol. The van der Waals surface area contributed by atoms with Crippen LogP contribution >= 0.6 is 0 Å². The third-order valence-electron chi connectivity index (χ3n) is 8.90. The minimum atomic E-state index is -1.47. The lowest BCUT2D eigenvalue weighted by Crippen LogP contribution is -2.57. The van der Waals surface area contributed by atoms with Gasteiger partial charge in [0.25, 0.3) is 0 Å². The number of hydrogen-bond donors (Lipinski definition) is 3. The number of aliphatic hydroxyl groups excluding tert-OH is 2. The van der Waals surface area contributed by atoms with E-state index in [0.29, 0.717) is 24.7 Å². The first-order valence-electron chi connectivity index (χ1n) is 10.5. The summed E-state index contributed by atoms with van der Waals surface area (Å²) in [6.07, 6.45) is 10.2. The molecule has 3 saturated carbocycles. The Hall–Kier alpha value is -1.35. The summed E-state index contributed by atoms with van der Waals surface area (Å²) in [4.78, 5) is 11.4. The third-order valence-corrected chi connectivity index (χ3v) is 8.90. The summed E-state index contributed by atoms with van der Waals surface area (Å²) in [5.41, 5.74) is -1.11. The first kappa shape index (κ1) is 19.9. The Balaban J connectivity index is 1.67. The van der Waals surface area contributed by atoms with E-state index in [1.807, 2.05) is 6.92 Å². The number of esters is 1. The fourth-order valence-corrected chi connectivity index (χ4v) is 7.32. The molecule has 0 aromatic rings. The Kier molecular flexibility index (Phi) is 4.50. The van der Waals surface area contributed by atoms with Gasteiger partial charge in [0.15, 0.2) is 5.60 Å². The normalized spacial score (nSPS) is 52.5.